The van der Waals surface area contributed by atoms with Crippen LogP contribution in [0.5, 0.6) is 0 Å². The highest BCUT2D eigenvalue weighted by atomic mass is 19.1. The second-order valence-electron chi connectivity index (χ2n) is 3.96. The number of nitrogens with zero attached hydrogens (tertiary/aromatic N) is 1. The molecule has 0 aromatic heterocycles. The standard InChI is InChI=1S/C10H18FN/c1-8(2)9-4-5-12(3)7-10(11)6-9/h4,8,10H,5-7H2,1-3H3/t10-/m1/s1. The van der Waals surface area contributed by atoms with Crippen molar-refractivity contribution in [3.05, 3.63) is 11.6 Å². The molecule has 0 bridgehead atoms. The van der Waals surface area contributed by atoms with E-state index in [1.54, 1.807) is 0 Å². The van der Waals surface area contributed by atoms with E-state index in [9.17, 15) is 4.39 Å². The molecule has 0 fully saturated rings. The van der Waals surface area contributed by atoms with Crippen LogP contribution < -0.4 is 0 Å². The van der Waals surface area contributed by atoms with E-state index >= 15 is 0 Å². The van der Waals surface area contributed by atoms with Gasteiger partial charge in [-0.2, -0.15) is 0 Å². The van der Waals surface area contributed by atoms with Gasteiger partial charge in [0.15, 0.2) is 0 Å². The molecule has 0 amide bonds. The summed E-state index contributed by atoms with van der Waals surface area (Å²) in [7, 11) is 1.96. The monoisotopic (exact) mass is 171 g/mol. The number of rotatable bonds is 1. The Morgan fingerprint density at radius 3 is 2.83 bits per heavy atom. The van der Waals surface area contributed by atoms with Gasteiger partial charge in [-0.05, 0) is 13.0 Å². The topological polar surface area (TPSA) is 3.24 Å². The maximum atomic E-state index is 13.2. The summed E-state index contributed by atoms with van der Waals surface area (Å²) in [5.41, 5.74) is 1.27. The van der Waals surface area contributed by atoms with E-state index in [-0.39, 0.29) is 0 Å². The molecule has 2 heteroatoms. The van der Waals surface area contributed by atoms with Gasteiger partial charge in [-0.3, -0.25) is 4.90 Å². The first-order valence-corrected chi connectivity index (χ1v) is 4.61. The summed E-state index contributed by atoms with van der Waals surface area (Å²) in [5, 5.41) is 0. The van der Waals surface area contributed by atoms with E-state index in [1.807, 2.05) is 11.9 Å². The van der Waals surface area contributed by atoms with Gasteiger partial charge >= 0.3 is 0 Å². The van der Waals surface area contributed by atoms with Crippen molar-refractivity contribution in [1.82, 2.24) is 4.90 Å². The average molecular weight is 171 g/mol. The number of allylic oxidation sites excluding steroid dienone is 1. The first-order chi connectivity index (χ1) is 5.59. The van der Waals surface area contributed by atoms with Crippen LogP contribution in [0.1, 0.15) is 20.3 Å². The van der Waals surface area contributed by atoms with E-state index in [0.29, 0.717) is 18.9 Å². The molecule has 0 aromatic rings. The fourth-order valence-electron chi connectivity index (χ4n) is 1.56. The Balaban J connectivity index is 2.62. The normalized spacial score (nSPS) is 27.1. The average Bonchev–Trinajstić information content (AvgIpc) is 2.11. The Hall–Kier alpha value is -0.370. The quantitative estimate of drug-likeness (QED) is 0.547. The molecule has 1 aliphatic heterocycles. The smallest absolute Gasteiger partial charge is 0.116 e. The van der Waals surface area contributed by atoms with E-state index in [0.717, 1.165) is 6.54 Å². The van der Waals surface area contributed by atoms with Crippen LogP contribution in [0.3, 0.4) is 0 Å². The summed E-state index contributed by atoms with van der Waals surface area (Å²) in [6, 6.07) is 0. The lowest BCUT2D eigenvalue weighted by atomic mass is 9.98. The van der Waals surface area contributed by atoms with Gasteiger partial charge in [0.2, 0.25) is 0 Å². The summed E-state index contributed by atoms with van der Waals surface area (Å²) in [5.74, 6) is 0.495. The molecule has 0 radical (unpaired) electrons. The molecule has 0 unspecified atom stereocenters. The number of alkyl halides is 1. The Morgan fingerprint density at radius 2 is 2.25 bits per heavy atom. The predicted octanol–water partition coefficient (Wildman–Crippen LogP) is 2.24. The SMILES string of the molecule is CC(C)C1=CCN(C)C[C@H](F)C1. The highest BCUT2D eigenvalue weighted by Crippen LogP contribution is 2.20. The zero-order chi connectivity index (χ0) is 9.14. The summed E-state index contributed by atoms with van der Waals surface area (Å²) < 4.78 is 13.2. The predicted molar refractivity (Wildman–Crippen MR) is 49.9 cm³/mol. The van der Waals surface area contributed by atoms with Gasteiger partial charge in [0.1, 0.15) is 6.17 Å². The first kappa shape index (κ1) is 9.72. The van der Waals surface area contributed by atoms with E-state index in [4.69, 9.17) is 0 Å². The molecule has 0 N–H and O–H groups in total. The van der Waals surface area contributed by atoms with Crippen LogP contribution in [0, 0.1) is 5.92 Å². The van der Waals surface area contributed by atoms with Crippen LogP contribution in [0.4, 0.5) is 4.39 Å². The molecule has 0 aliphatic carbocycles. The first-order valence-electron chi connectivity index (χ1n) is 4.61. The van der Waals surface area contributed by atoms with E-state index in [1.165, 1.54) is 5.57 Å². The van der Waals surface area contributed by atoms with Crippen molar-refractivity contribution in [1.29, 1.82) is 0 Å². The minimum absolute atomic E-state index is 0.495. The summed E-state index contributed by atoms with van der Waals surface area (Å²) >= 11 is 0. The lowest BCUT2D eigenvalue weighted by molar-refractivity contribution is 0.239. The maximum absolute atomic E-state index is 13.2. The number of hydrogen-bond donors (Lipinski definition) is 0. The van der Waals surface area contributed by atoms with Gasteiger partial charge < -0.3 is 0 Å². The van der Waals surface area contributed by atoms with Gasteiger partial charge in [0.25, 0.3) is 0 Å². The van der Waals surface area contributed by atoms with Gasteiger partial charge in [0.05, 0.1) is 0 Å². The molecule has 1 rings (SSSR count). The lowest BCUT2D eigenvalue weighted by Crippen LogP contribution is -2.24. The van der Waals surface area contributed by atoms with E-state index < -0.39 is 6.17 Å². The fourth-order valence-corrected chi connectivity index (χ4v) is 1.56. The van der Waals surface area contributed by atoms with Crippen molar-refractivity contribution >= 4 is 0 Å². The van der Waals surface area contributed by atoms with Gasteiger partial charge in [-0.25, -0.2) is 4.39 Å². The van der Waals surface area contributed by atoms with Crippen molar-refractivity contribution in [2.24, 2.45) is 5.92 Å². The van der Waals surface area contributed by atoms with E-state index in [2.05, 4.69) is 19.9 Å². The lowest BCUT2D eigenvalue weighted by Gasteiger charge is -2.13. The molecule has 12 heavy (non-hydrogen) atoms. The van der Waals surface area contributed by atoms with Crippen molar-refractivity contribution in [2.75, 3.05) is 20.1 Å². The molecular formula is C10H18FN. The van der Waals surface area contributed by atoms with Gasteiger partial charge in [-0.1, -0.05) is 25.5 Å². The fraction of sp³-hybridized carbons (Fsp3) is 0.800. The molecule has 1 aliphatic rings. The Bertz CT molecular complexity index is 175. The molecule has 0 saturated heterocycles. The summed E-state index contributed by atoms with van der Waals surface area (Å²) in [4.78, 5) is 2.03. The molecular weight excluding hydrogens is 153 g/mol. The minimum atomic E-state index is -0.675. The Kier molecular flexibility index (Phi) is 3.27. The zero-order valence-electron chi connectivity index (χ0n) is 8.18. The number of hydrogen-bond acceptors (Lipinski definition) is 1. The molecule has 1 nitrogen and oxygen atoms in total. The van der Waals surface area contributed by atoms with Crippen LogP contribution in [0.2, 0.25) is 0 Å². The molecule has 1 heterocycles. The zero-order valence-corrected chi connectivity index (χ0v) is 8.18. The largest absolute Gasteiger partial charge is 0.300 e. The third kappa shape index (κ3) is 2.59. The maximum Gasteiger partial charge on any atom is 0.116 e. The molecule has 70 valence electrons. The van der Waals surface area contributed by atoms with Crippen LogP contribution in [0.25, 0.3) is 0 Å². The minimum Gasteiger partial charge on any atom is -0.300 e. The molecule has 0 spiro atoms. The van der Waals surface area contributed by atoms with Crippen molar-refractivity contribution in [3.63, 3.8) is 0 Å². The van der Waals surface area contributed by atoms with Gasteiger partial charge in [0, 0.05) is 19.5 Å². The summed E-state index contributed by atoms with van der Waals surface area (Å²) in [6.07, 6.45) is 2.12. The Morgan fingerprint density at radius 1 is 1.58 bits per heavy atom. The second-order valence-corrected chi connectivity index (χ2v) is 3.96. The third-order valence-corrected chi connectivity index (χ3v) is 2.37. The highest BCUT2D eigenvalue weighted by molar-refractivity contribution is 5.09. The van der Waals surface area contributed by atoms with Crippen LogP contribution >= 0.6 is 0 Å². The van der Waals surface area contributed by atoms with Crippen molar-refractivity contribution in [3.8, 4) is 0 Å². The second kappa shape index (κ2) is 4.04. The molecule has 1 atom stereocenters. The molecule has 0 saturated carbocycles. The highest BCUT2D eigenvalue weighted by Gasteiger charge is 2.17. The van der Waals surface area contributed by atoms with Crippen molar-refractivity contribution in [2.45, 2.75) is 26.4 Å². The van der Waals surface area contributed by atoms with Crippen LogP contribution in [-0.4, -0.2) is 31.2 Å². The molecule has 0 aromatic carbocycles. The number of halogens is 1. The Labute approximate surface area is 74.3 Å². The summed E-state index contributed by atoms with van der Waals surface area (Å²) in [6.45, 7) is 5.73. The van der Waals surface area contributed by atoms with Crippen LogP contribution in [-0.2, 0) is 0 Å². The third-order valence-electron chi connectivity index (χ3n) is 2.37. The van der Waals surface area contributed by atoms with Crippen molar-refractivity contribution < 1.29 is 4.39 Å². The van der Waals surface area contributed by atoms with Gasteiger partial charge in [-0.15, -0.1) is 0 Å². The number of likely N-dealkylation sites (N-methyl/N-ethyl adjacent to an activating group) is 1. The van der Waals surface area contributed by atoms with Crippen LogP contribution in [0.15, 0.2) is 11.6 Å².